The molecular weight excluding hydrogens is 176 g/mol. The Labute approximate surface area is 83.3 Å². The lowest BCUT2D eigenvalue weighted by atomic mass is 9.83. The number of nitrogens with two attached hydrogens (primary N) is 1. The third kappa shape index (κ3) is 1.87. The molecule has 1 aliphatic rings. The van der Waals surface area contributed by atoms with Gasteiger partial charge in [0.15, 0.2) is 0 Å². The highest BCUT2D eigenvalue weighted by Gasteiger charge is 2.23. The van der Waals surface area contributed by atoms with Crippen LogP contribution >= 0.6 is 0 Å². The van der Waals surface area contributed by atoms with Crippen LogP contribution in [-0.2, 0) is 0 Å². The number of hydrogen-bond acceptors (Lipinski definition) is 2. The van der Waals surface area contributed by atoms with E-state index in [1.165, 1.54) is 18.9 Å². The van der Waals surface area contributed by atoms with Crippen molar-refractivity contribution in [2.24, 2.45) is 5.73 Å². The van der Waals surface area contributed by atoms with Crippen molar-refractivity contribution in [1.82, 2.24) is 4.98 Å². The topological polar surface area (TPSA) is 58.9 Å². The minimum atomic E-state index is -0.0275. The summed E-state index contributed by atoms with van der Waals surface area (Å²) in [5.41, 5.74) is 7.02. The van der Waals surface area contributed by atoms with E-state index in [9.17, 15) is 4.79 Å². The molecule has 0 radical (unpaired) electrons. The number of H-pyrrole nitrogens is 1. The zero-order chi connectivity index (χ0) is 9.97. The minimum Gasteiger partial charge on any atom is -0.327 e. The van der Waals surface area contributed by atoms with Crippen LogP contribution in [0.15, 0.2) is 23.0 Å². The predicted molar refractivity (Wildman–Crippen MR) is 56.2 cm³/mol. The van der Waals surface area contributed by atoms with E-state index in [-0.39, 0.29) is 11.6 Å². The van der Waals surface area contributed by atoms with Crippen molar-refractivity contribution < 1.29 is 0 Å². The van der Waals surface area contributed by atoms with Crippen molar-refractivity contribution >= 4 is 0 Å². The molecule has 3 nitrogen and oxygen atoms in total. The van der Waals surface area contributed by atoms with Crippen molar-refractivity contribution in [3.63, 3.8) is 0 Å². The van der Waals surface area contributed by atoms with E-state index >= 15 is 0 Å². The second-order valence-electron chi connectivity index (χ2n) is 4.03. The van der Waals surface area contributed by atoms with E-state index in [0.717, 1.165) is 18.5 Å². The van der Waals surface area contributed by atoms with Crippen LogP contribution in [0, 0.1) is 0 Å². The highest BCUT2D eigenvalue weighted by molar-refractivity contribution is 5.12. The zero-order valence-electron chi connectivity index (χ0n) is 8.20. The van der Waals surface area contributed by atoms with Crippen LogP contribution in [0.1, 0.15) is 37.3 Å². The van der Waals surface area contributed by atoms with Crippen molar-refractivity contribution in [1.29, 1.82) is 0 Å². The fourth-order valence-corrected chi connectivity index (χ4v) is 2.23. The van der Waals surface area contributed by atoms with Gasteiger partial charge in [0.2, 0.25) is 5.56 Å². The maximum Gasteiger partial charge on any atom is 0.248 e. The lowest BCUT2D eigenvalue weighted by Gasteiger charge is -2.28. The van der Waals surface area contributed by atoms with Crippen LogP contribution in [-0.4, -0.2) is 11.0 Å². The molecule has 1 aromatic rings. The molecule has 76 valence electrons. The number of aromatic amines is 1. The monoisotopic (exact) mass is 192 g/mol. The number of hydrogen-bond donors (Lipinski definition) is 2. The Hall–Kier alpha value is -1.09. The van der Waals surface area contributed by atoms with Gasteiger partial charge in [-0.05, 0) is 18.9 Å². The summed E-state index contributed by atoms with van der Waals surface area (Å²) in [6.45, 7) is 0. The van der Waals surface area contributed by atoms with Crippen molar-refractivity contribution in [3.8, 4) is 0 Å². The Kier molecular flexibility index (Phi) is 2.68. The fraction of sp³-hybridized carbons (Fsp3) is 0.545. The minimum absolute atomic E-state index is 0.0275. The summed E-state index contributed by atoms with van der Waals surface area (Å²) < 4.78 is 0. The summed E-state index contributed by atoms with van der Waals surface area (Å²) in [4.78, 5) is 14.0. The molecule has 2 rings (SSSR count). The molecule has 0 aromatic carbocycles. The molecule has 0 saturated heterocycles. The molecule has 1 saturated carbocycles. The first-order valence-corrected chi connectivity index (χ1v) is 5.22. The number of pyridine rings is 1. The molecule has 1 aromatic heterocycles. The first-order chi connectivity index (χ1) is 6.77. The summed E-state index contributed by atoms with van der Waals surface area (Å²) in [5.74, 6) is 0.345. The van der Waals surface area contributed by atoms with Gasteiger partial charge >= 0.3 is 0 Å². The predicted octanol–water partition coefficient (Wildman–Crippen LogP) is 1.36. The highest BCUT2D eigenvalue weighted by atomic mass is 16.1. The molecule has 0 spiro atoms. The van der Waals surface area contributed by atoms with Crippen molar-refractivity contribution in [2.75, 3.05) is 0 Å². The average molecular weight is 192 g/mol. The maximum absolute atomic E-state index is 11.1. The molecule has 2 unspecified atom stereocenters. The molecule has 3 N–H and O–H groups in total. The number of rotatable bonds is 1. The largest absolute Gasteiger partial charge is 0.327 e. The van der Waals surface area contributed by atoms with E-state index in [0.29, 0.717) is 5.92 Å². The van der Waals surface area contributed by atoms with E-state index in [1.54, 1.807) is 6.07 Å². The summed E-state index contributed by atoms with van der Waals surface area (Å²) in [5, 5.41) is 0. The zero-order valence-corrected chi connectivity index (χ0v) is 8.20. The quantitative estimate of drug-likeness (QED) is 0.705. The Balaban J connectivity index is 2.24. The molecular formula is C11H16N2O. The van der Waals surface area contributed by atoms with Gasteiger partial charge in [0.05, 0.1) is 0 Å². The number of nitrogens with one attached hydrogen (secondary N) is 1. The van der Waals surface area contributed by atoms with Gasteiger partial charge < -0.3 is 10.7 Å². The van der Waals surface area contributed by atoms with Crippen LogP contribution in [0.25, 0.3) is 0 Å². The summed E-state index contributed by atoms with van der Waals surface area (Å²) in [7, 11) is 0. The fourth-order valence-electron chi connectivity index (χ4n) is 2.23. The molecule has 1 heterocycles. The molecule has 0 amide bonds. The molecule has 3 heteroatoms. The Morgan fingerprint density at radius 1 is 1.29 bits per heavy atom. The number of aromatic nitrogens is 1. The first-order valence-electron chi connectivity index (χ1n) is 5.22. The standard InChI is InChI=1S/C11H16N2O/c12-9-5-2-1-4-8(9)10-6-3-7-11(14)13-10/h3,6-9H,1-2,4-5,12H2,(H,13,14). The van der Waals surface area contributed by atoms with E-state index in [1.807, 2.05) is 6.07 Å². The molecule has 1 aliphatic carbocycles. The molecule has 1 fully saturated rings. The first kappa shape index (κ1) is 9.46. The third-order valence-electron chi connectivity index (χ3n) is 3.01. The summed E-state index contributed by atoms with van der Waals surface area (Å²) >= 11 is 0. The normalized spacial score (nSPS) is 27.5. The van der Waals surface area contributed by atoms with Gasteiger partial charge in [-0.15, -0.1) is 0 Å². The summed E-state index contributed by atoms with van der Waals surface area (Å²) in [6, 6.07) is 5.52. The Morgan fingerprint density at radius 2 is 2.07 bits per heavy atom. The van der Waals surface area contributed by atoms with Gasteiger partial charge in [-0.1, -0.05) is 18.9 Å². The highest BCUT2D eigenvalue weighted by Crippen LogP contribution is 2.29. The lowest BCUT2D eigenvalue weighted by molar-refractivity contribution is 0.379. The smallest absolute Gasteiger partial charge is 0.248 e. The second-order valence-corrected chi connectivity index (χ2v) is 4.03. The van der Waals surface area contributed by atoms with Gasteiger partial charge in [0.1, 0.15) is 0 Å². The van der Waals surface area contributed by atoms with Gasteiger partial charge in [-0.25, -0.2) is 0 Å². The van der Waals surface area contributed by atoms with Crippen molar-refractivity contribution in [3.05, 3.63) is 34.2 Å². The van der Waals surface area contributed by atoms with Crippen LogP contribution in [0.3, 0.4) is 0 Å². The van der Waals surface area contributed by atoms with Crippen LogP contribution in [0.4, 0.5) is 0 Å². The SMILES string of the molecule is NC1CCCCC1c1cccc(=O)[nH]1. The Morgan fingerprint density at radius 3 is 2.79 bits per heavy atom. The molecule has 0 aliphatic heterocycles. The van der Waals surface area contributed by atoms with E-state index in [4.69, 9.17) is 5.73 Å². The van der Waals surface area contributed by atoms with Gasteiger partial charge in [-0.3, -0.25) is 4.79 Å². The van der Waals surface area contributed by atoms with E-state index in [2.05, 4.69) is 4.98 Å². The van der Waals surface area contributed by atoms with E-state index < -0.39 is 0 Å². The van der Waals surface area contributed by atoms with Crippen LogP contribution < -0.4 is 11.3 Å². The average Bonchev–Trinajstić information content (AvgIpc) is 2.18. The maximum atomic E-state index is 11.1. The van der Waals surface area contributed by atoms with Gasteiger partial charge in [-0.2, -0.15) is 0 Å². The second kappa shape index (κ2) is 3.96. The molecule has 14 heavy (non-hydrogen) atoms. The molecule has 0 bridgehead atoms. The third-order valence-corrected chi connectivity index (χ3v) is 3.01. The Bertz CT molecular complexity index is 358. The van der Waals surface area contributed by atoms with Crippen LogP contribution in [0.2, 0.25) is 0 Å². The summed E-state index contributed by atoms with van der Waals surface area (Å²) in [6.07, 6.45) is 4.60. The molecule has 2 atom stereocenters. The lowest BCUT2D eigenvalue weighted by Crippen LogP contribution is -2.32. The van der Waals surface area contributed by atoms with Gasteiger partial charge in [0, 0.05) is 23.7 Å². The van der Waals surface area contributed by atoms with Crippen molar-refractivity contribution in [2.45, 2.75) is 37.6 Å². The van der Waals surface area contributed by atoms with Crippen LogP contribution in [0.5, 0.6) is 0 Å². The van der Waals surface area contributed by atoms with Gasteiger partial charge in [0.25, 0.3) is 0 Å².